The minimum absolute atomic E-state index is 0.0744. The smallest absolute Gasteiger partial charge is 0.321 e. The lowest BCUT2D eigenvalue weighted by atomic mass is 9.74. The molecule has 3 nitrogen and oxygen atoms in total. The Morgan fingerprint density at radius 2 is 2.10 bits per heavy atom. The molecule has 1 aliphatic carbocycles. The number of carbonyl (C=O) groups excluding carboxylic acids is 1. The summed E-state index contributed by atoms with van der Waals surface area (Å²) in [5, 5.41) is 0. The Bertz CT molecular complexity index is 394. The summed E-state index contributed by atoms with van der Waals surface area (Å²) in [5.74, 6) is -0.0744. The zero-order valence-electron chi connectivity index (χ0n) is 12.9. The summed E-state index contributed by atoms with van der Waals surface area (Å²) < 4.78 is 5.40. The summed E-state index contributed by atoms with van der Waals surface area (Å²) >= 11 is 0. The van der Waals surface area contributed by atoms with Crippen molar-refractivity contribution in [1.82, 2.24) is 4.90 Å². The normalized spacial score (nSPS) is 27.5. The Kier molecular flexibility index (Phi) is 5.27. The molecule has 0 aromatic rings. The molecule has 3 heteroatoms. The van der Waals surface area contributed by atoms with Crippen LogP contribution in [0.15, 0.2) is 23.9 Å². The molecule has 1 atom stereocenters. The van der Waals surface area contributed by atoms with Crippen molar-refractivity contribution in [3.63, 3.8) is 0 Å². The molecule has 0 spiro atoms. The van der Waals surface area contributed by atoms with Crippen molar-refractivity contribution < 1.29 is 9.53 Å². The fourth-order valence-electron chi connectivity index (χ4n) is 3.46. The molecule has 2 rings (SSSR count). The molecule has 0 amide bonds. The summed E-state index contributed by atoms with van der Waals surface area (Å²) in [4.78, 5) is 15.0. The van der Waals surface area contributed by atoms with E-state index in [2.05, 4.69) is 17.1 Å². The van der Waals surface area contributed by atoms with E-state index >= 15 is 0 Å². The van der Waals surface area contributed by atoms with Crippen LogP contribution in [0.5, 0.6) is 0 Å². The maximum Gasteiger partial charge on any atom is 0.321 e. The minimum atomic E-state index is -0.541. The Morgan fingerprint density at radius 1 is 1.35 bits per heavy atom. The molecule has 1 aliphatic heterocycles. The van der Waals surface area contributed by atoms with Gasteiger partial charge in [0.05, 0.1) is 6.61 Å². The Labute approximate surface area is 122 Å². The molecule has 112 valence electrons. The quantitative estimate of drug-likeness (QED) is 0.580. The topological polar surface area (TPSA) is 29.5 Å². The molecule has 1 unspecified atom stereocenters. The van der Waals surface area contributed by atoms with E-state index in [4.69, 9.17) is 4.74 Å². The van der Waals surface area contributed by atoms with Gasteiger partial charge in [-0.05, 0) is 52.4 Å². The number of rotatable bonds is 4. The molecule has 0 N–H and O–H groups in total. The maximum atomic E-state index is 12.6. The number of nitrogens with zero attached hydrogens (tertiary/aromatic N) is 1. The molecule has 1 saturated heterocycles. The molecular formula is C17H27NO2. The van der Waals surface area contributed by atoms with Gasteiger partial charge in [-0.25, -0.2) is 0 Å². The third-order valence-corrected chi connectivity index (χ3v) is 4.36. The minimum Gasteiger partial charge on any atom is -0.465 e. The summed E-state index contributed by atoms with van der Waals surface area (Å²) in [6.07, 6.45) is 13.1. The van der Waals surface area contributed by atoms with Gasteiger partial charge in [0.15, 0.2) is 0 Å². The van der Waals surface area contributed by atoms with Crippen LogP contribution >= 0.6 is 0 Å². The first kappa shape index (κ1) is 15.1. The Balaban J connectivity index is 2.32. The van der Waals surface area contributed by atoms with Crippen LogP contribution in [0.3, 0.4) is 0 Å². The Hall–Kier alpha value is -1.25. The van der Waals surface area contributed by atoms with Crippen LogP contribution in [0.2, 0.25) is 0 Å². The molecule has 0 bridgehead atoms. The van der Waals surface area contributed by atoms with E-state index < -0.39 is 5.41 Å². The molecule has 0 radical (unpaired) electrons. The summed E-state index contributed by atoms with van der Waals surface area (Å²) in [5.41, 5.74) is 0.653. The van der Waals surface area contributed by atoms with Gasteiger partial charge in [0.25, 0.3) is 0 Å². The zero-order valence-corrected chi connectivity index (χ0v) is 12.9. The highest BCUT2D eigenvalue weighted by atomic mass is 16.5. The summed E-state index contributed by atoms with van der Waals surface area (Å²) in [7, 11) is 0. The zero-order chi connectivity index (χ0) is 14.4. The van der Waals surface area contributed by atoms with E-state index in [1.165, 1.54) is 25.0 Å². The molecule has 0 saturated carbocycles. The number of carbonyl (C=O) groups is 1. The van der Waals surface area contributed by atoms with Gasteiger partial charge >= 0.3 is 5.97 Å². The van der Waals surface area contributed by atoms with Crippen molar-refractivity contribution in [3.05, 3.63) is 23.9 Å². The number of hydrogen-bond acceptors (Lipinski definition) is 3. The summed E-state index contributed by atoms with van der Waals surface area (Å²) in [6.45, 7) is 6.47. The van der Waals surface area contributed by atoms with Gasteiger partial charge in [-0.2, -0.15) is 0 Å². The van der Waals surface area contributed by atoms with Gasteiger partial charge in [-0.1, -0.05) is 18.2 Å². The van der Waals surface area contributed by atoms with Crippen molar-refractivity contribution in [2.45, 2.75) is 52.4 Å². The molecule has 20 heavy (non-hydrogen) atoms. The van der Waals surface area contributed by atoms with Crippen LogP contribution < -0.4 is 0 Å². The van der Waals surface area contributed by atoms with Crippen LogP contribution in [0.1, 0.15) is 52.4 Å². The number of likely N-dealkylation sites (tertiary alicyclic amines) is 1. The van der Waals surface area contributed by atoms with E-state index in [1.807, 2.05) is 19.9 Å². The average Bonchev–Trinajstić information content (AvgIpc) is 2.49. The number of hydrogen-bond donors (Lipinski definition) is 0. The van der Waals surface area contributed by atoms with Gasteiger partial charge in [0.1, 0.15) is 5.41 Å². The highest BCUT2D eigenvalue weighted by Gasteiger charge is 2.44. The molecule has 0 aromatic heterocycles. The van der Waals surface area contributed by atoms with Gasteiger partial charge < -0.3 is 9.64 Å². The standard InChI is InChI=1S/C17H27NO2/c1-3-11-17(16(19)20-4-2)12-7-6-10-15(17)18-13-8-5-9-14-18/h3,10-11H,4-9,12-14H2,1-2H3/b11-3+. The van der Waals surface area contributed by atoms with Crippen LogP contribution in [0.25, 0.3) is 0 Å². The van der Waals surface area contributed by atoms with Gasteiger partial charge in [0, 0.05) is 18.8 Å². The summed E-state index contributed by atoms with van der Waals surface area (Å²) in [6, 6.07) is 0. The van der Waals surface area contributed by atoms with Crippen molar-refractivity contribution in [2.75, 3.05) is 19.7 Å². The van der Waals surface area contributed by atoms with E-state index in [-0.39, 0.29) is 5.97 Å². The first-order valence-corrected chi connectivity index (χ1v) is 8.01. The third-order valence-electron chi connectivity index (χ3n) is 4.36. The fourth-order valence-corrected chi connectivity index (χ4v) is 3.46. The molecule has 1 fully saturated rings. The van der Waals surface area contributed by atoms with Crippen LogP contribution in [0, 0.1) is 5.41 Å². The predicted molar refractivity (Wildman–Crippen MR) is 81.2 cm³/mol. The highest BCUT2D eigenvalue weighted by molar-refractivity contribution is 5.83. The van der Waals surface area contributed by atoms with Crippen molar-refractivity contribution in [2.24, 2.45) is 5.41 Å². The number of allylic oxidation sites excluding steroid dienone is 2. The second-order valence-corrected chi connectivity index (χ2v) is 5.72. The largest absolute Gasteiger partial charge is 0.465 e. The second-order valence-electron chi connectivity index (χ2n) is 5.72. The number of esters is 1. The monoisotopic (exact) mass is 277 g/mol. The fraction of sp³-hybridized carbons (Fsp3) is 0.706. The van der Waals surface area contributed by atoms with E-state index in [1.54, 1.807) is 0 Å². The lowest BCUT2D eigenvalue weighted by molar-refractivity contribution is -0.152. The lowest BCUT2D eigenvalue weighted by Gasteiger charge is -2.42. The van der Waals surface area contributed by atoms with E-state index in [0.717, 1.165) is 32.4 Å². The van der Waals surface area contributed by atoms with Crippen LogP contribution in [-0.2, 0) is 9.53 Å². The van der Waals surface area contributed by atoms with Crippen LogP contribution in [0.4, 0.5) is 0 Å². The number of piperidine rings is 1. The predicted octanol–water partition coefficient (Wildman–Crippen LogP) is 3.67. The van der Waals surface area contributed by atoms with Crippen molar-refractivity contribution in [1.29, 1.82) is 0 Å². The highest BCUT2D eigenvalue weighted by Crippen LogP contribution is 2.42. The van der Waals surface area contributed by atoms with E-state index in [9.17, 15) is 4.79 Å². The van der Waals surface area contributed by atoms with Gasteiger partial charge in [-0.3, -0.25) is 4.79 Å². The average molecular weight is 277 g/mol. The van der Waals surface area contributed by atoms with Crippen LogP contribution in [-0.4, -0.2) is 30.6 Å². The second kappa shape index (κ2) is 6.96. The Morgan fingerprint density at radius 3 is 2.75 bits per heavy atom. The third kappa shape index (κ3) is 2.92. The number of ether oxygens (including phenoxy) is 1. The first-order valence-electron chi connectivity index (χ1n) is 8.01. The van der Waals surface area contributed by atoms with Gasteiger partial charge in [-0.15, -0.1) is 0 Å². The van der Waals surface area contributed by atoms with Gasteiger partial charge in [0.2, 0.25) is 0 Å². The SMILES string of the molecule is C/C=C/C1(C(=O)OCC)CCCC=C1N1CCCCC1. The first-order chi connectivity index (χ1) is 9.74. The molecule has 2 aliphatic rings. The molecule has 0 aromatic carbocycles. The van der Waals surface area contributed by atoms with E-state index in [0.29, 0.717) is 6.61 Å². The molecular weight excluding hydrogens is 250 g/mol. The lowest BCUT2D eigenvalue weighted by Crippen LogP contribution is -2.44. The van der Waals surface area contributed by atoms with Crippen molar-refractivity contribution in [3.8, 4) is 0 Å². The molecule has 1 heterocycles. The maximum absolute atomic E-state index is 12.6. The van der Waals surface area contributed by atoms with Crippen molar-refractivity contribution >= 4 is 5.97 Å².